The highest BCUT2D eigenvalue weighted by molar-refractivity contribution is 7.80. The lowest BCUT2D eigenvalue weighted by Crippen LogP contribution is -2.29. The summed E-state index contributed by atoms with van der Waals surface area (Å²) in [5.41, 5.74) is 3.27. The highest BCUT2D eigenvalue weighted by Crippen LogP contribution is 2.48. The van der Waals surface area contributed by atoms with E-state index in [0.29, 0.717) is 19.8 Å². The van der Waals surface area contributed by atoms with E-state index >= 15 is 0 Å². The number of rotatable bonds is 3. The van der Waals surface area contributed by atoms with Crippen molar-refractivity contribution in [3.63, 3.8) is 0 Å². The van der Waals surface area contributed by atoms with Gasteiger partial charge in [0, 0.05) is 47.7 Å². The number of ether oxygens (including phenoxy) is 3. The Bertz CT molecular complexity index is 1120. The second-order valence-corrected chi connectivity index (χ2v) is 12.2. The van der Waals surface area contributed by atoms with Crippen LogP contribution in [0.15, 0.2) is 36.4 Å². The predicted octanol–water partition coefficient (Wildman–Crippen LogP) is 6.38. The van der Waals surface area contributed by atoms with Crippen LogP contribution in [0.2, 0.25) is 15.1 Å². The monoisotopic (exact) mass is 532 g/mol. The molecule has 3 aliphatic rings. The van der Waals surface area contributed by atoms with E-state index in [2.05, 4.69) is 18.2 Å². The average molecular weight is 534 g/mol. The first-order valence-corrected chi connectivity index (χ1v) is 14.2. The minimum absolute atomic E-state index is 0.688. The van der Waals surface area contributed by atoms with Gasteiger partial charge in [-0.3, -0.25) is 0 Å². The van der Waals surface area contributed by atoms with Crippen molar-refractivity contribution in [3.8, 4) is 17.2 Å². The SMILES string of the molecule is Clc1ccc(P(c2ccc(Cl)c3c2OCCC3)c2ccc(Cl)c3c2OCCC3)c2c1CCCO2. The van der Waals surface area contributed by atoms with Crippen LogP contribution in [0.1, 0.15) is 36.0 Å². The Morgan fingerprint density at radius 1 is 0.500 bits per heavy atom. The van der Waals surface area contributed by atoms with Crippen LogP contribution in [-0.4, -0.2) is 19.8 Å². The minimum Gasteiger partial charge on any atom is -0.493 e. The van der Waals surface area contributed by atoms with Crippen molar-refractivity contribution in [3.05, 3.63) is 68.2 Å². The van der Waals surface area contributed by atoms with Gasteiger partial charge in [0.1, 0.15) is 17.2 Å². The summed E-state index contributed by atoms with van der Waals surface area (Å²) in [6.07, 6.45) is 5.63. The Labute approximate surface area is 216 Å². The zero-order valence-corrected chi connectivity index (χ0v) is 21.8. The van der Waals surface area contributed by atoms with Gasteiger partial charge in [-0.15, -0.1) is 0 Å². The molecule has 6 rings (SSSR count). The molecule has 0 amide bonds. The van der Waals surface area contributed by atoms with Gasteiger partial charge in [-0.2, -0.15) is 0 Å². The zero-order chi connectivity index (χ0) is 23.2. The summed E-state index contributed by atoms with van der Waals surface area (Å²) in [5.74, 6) is 2.72. The van der Waals surface area contributed by atoms with E-state index in [0.717, 1.165) is 103 Å². The topological polar surface area (TPSA) is 27.7 Å². The molecule has 3 heterocycles. The van der Waals surface area contributed by atoms with E-state index < -0.39 is 7.92 Å². The number of fused-ring (bicyclic) bond motifs is 3. The van der Waals surface area contributed by atoms with Crippen LogP contribution in [-0.2, 0) is 19.3 Å². The van der Waals surface area contributed by atoms with Crippen LogP contribution in [0.4, 0.5) is 0 Å². The third kappa shape index (κ3) is 3.86. The maximum atomic E-state index is 6.63. The van der Waals surface area contributed by atoms with E-state index in [4.69, 9.17) is 49.0 Å². The third-order valence-electron chi connectivity index (χ3n) is 6.72. The van der Waals surface area contributed by atoms with E-state index in [1.165, 1.54) is 0 Å². The Kier molecular flexibility index (Phi) is 6.32. The Balaban J connectivity index is 1.64. The van der Waals surface area contributed by atoms with Gasteiger partial charge in [0.15, 0.2) is 0 Å². The van der Waals surface area contributed by atoms with Crippen molar-refractivity contribution < 1.29 is 14.2 Å². The molecule has 0 fully saturated rings. The van der Waals surface area contributed by atoms with Crippen molar-refractivity contribution in [1.29, 1.82) is 0 Å². The van der Waals surface area contributed by atoms with Crippen molar-refractivity contribution in [2.24, 2.45) is 0 Å². The van der Waals surface area contributed by atoms with Crippen LogP contribution in [0, 0.1) is 0 Å². The second-order valence-electron chi connectivity index (χ2n) is 8.81. The van der Waals surface area contributed by atoms with Crippen molar-refractivity contribution >= 4 is 58.6 Å². The molecule has 3 aromatic carbocycles. The Morgan fingerprint density at radius 2 is 0.824 bits per heavy atom. The summed E-state index contributed by atoms with van der Waals surface area (Å²) < 4.78 is 18.9. The van der Waals surface area contributed by atoms with Gasteiger partial charge >= 0.3 is 0 Å². The largest absolute Gasteiger partial charge is 0.493 e. The van der Waals surface area contributed by atoms with Crippen LogP contribution in [0.3, 0.4) is 0 Å². The van der Waals surface area contributed by atoms with Gasteiger partial charge in [-0.05, 0) is 82.8 Å². The zero-order valence-electron chi connectivity index (χ0n) is 18.6. The van der Waals surface area contributed by atoms with E-state index in [1.807, 2.05) is 18.2 Å². The smallest absolute Gasteiger partial charge is 0.132 e. The van der Waals surface area contributed by atoms with Crippen LogP contribution < -0.4 is 30.1 Å². The molecule has 7 heteroatoms. The quantitative estimate of drug-likeness (QED) is 0.366. The molecule has 0 saturated carbocycles. The van der Waals surface area contributed by atoms with Gasteiger partial charge in [-0.1, -0.05) is 34.8 Å². The Morgan fingerprint density at radius 3 is 1.15 bits per heavy atom. The molecule has 3 aromatic rings. The molecule has 0 saturated heterocycles. The fraction of sp³-hybridized carbons (Fsp3) is 0.333. The van der Waals surface area contributed by atoms with Crippen molar-refractivity contribution in [2.75, 3.05) is 19.8 Å². The lowest BCUT2D eigenvalue weighted by atomic mass is 10.1. The molecule has 0 radical (unpaired) electrons. The van der Waals surface area contributed by atoms with Crippen LogP contribution in [0.5, 0.6) is 17.2 Å². The third-order valence-corrected chi connectivity index (χ3v) is 10.3. The van der Waals surface area contributed by atoms with Gasteiger partial charge < -0.3 is 14.2 Å². The van der Waals surface area contributed by atoms with E-state index in [9.17, 15) is 0 Å². The molecular weight excluding hydrogens is 510 g/mol. The molecule has 176 valence electrons. The molecule has 34 heavy (non-hydrogen) atoms. The highest BCUT2D eigenvalue weighted by atomic mass is 35.5. The molecule has 0 aliphatic carbocycles. The first-order valence-electron chi connectivity index (χ1n) is 11.8. The minimum atomic E-state index is -1.08. The normalized spacial score (nSPS) is 16.6. The summed E-state index contributed by atoms with van der Waals surface area (Å²) in [7, 11) is -1.08. The predicted molar refractivity (Wildman–Crippen MR) is 142 cm³/mol. The Hall–Kier alpha value is -1.64. The molecule has 0 aromatic heterocycles. The van der Waals surface area contributed by atoms with Crippen LogP contribution in [0.25, 0.3) is 0 Å². The van der Waals surface area contributed by atoms with Gasteiger partial charge in [0.2, 0.25) is 0 Å². The van der Waals surface area contributed by atoms with Gasteiger partial charge in [-0.25, -0.2) is 0 Å². The molecule has 0 N–H and O–H groups in total. The van der Waals surface area contributed by atoms with Crippen molar-refractivity contribution in [1.82, 2.24) is 0 Å². The molecule has 3 aliphatic heterocycles. The van der Waals surface area contributed by atoms with E-state index in [1.54, 1.807) is 0 Å². The molecule has 0 unspecified atom stereocenters. The second kappa shape index (κ2) is 9.43. The summed E-state index contributed by atoms with van der Waals surface area (Å²) in [4.78, 5) is 0. The lowest BCUT2D eigenvalue weighted by molar-refractivity contribution is 0.290. The maximum absolute atomic E-state index is 6.63. The molecule has 3 nitrogen and oxygen atoms in total. The van der Waals surface area contributed by atoms with Crippen molar-refractivity contribution in [2.45, 2.75) is 38.5 Å². The maximum Gasteiger partial charge on any atom is 0.132 e. The summed E-state index contributed by atoms with van der Waals surface area (Å²) in [6, 6.07) is 12.4. The fourth-order valence-corrected chi connectivity index (χ4v) is 8.53. The highest BCUT2D eigenvalue weighted by Gasteiger charge is 2.33. The lowest BCUT2D eigenvalue weighted by Gasteiger charge is -2.32. The fourth-order valence-electron chi connectivity index (χ4n) is 5.14. The summed E-state index contributed by atoms with van der Waals surface area (Å²) in [6.45, 7) is 2.07. The molecule has 0 atom stereocenters. The number of halogens is 3. The van der Waals surface area contributed by atoms with Crippen LogP contribution >= 0.6 is 42.7 Å². The molecule has 0 bridgehead atoms. The number of benzene rings is 3. The average Bonchev–Trinajstić information content (AvgIpc) is 2.88. The molecular formula is C27H24Cl3O3P. The van der Waals surface area contributed by atoms with Gasteiger partial charge in [0.25, 0.3) is 0 Å². The first-order chi connectivity index (χ1) is 16.6. The standard InChI is InChI=1S/C27H24Cl3O3P/c28-19-7-10-22(25-16(19)4-1-13-31-25)34(23-11-8-20(29)17-5-2-14-32-26(17)23)24-12-9-21(30)18-6-3-15-33-27(18)24/h7-12H,1-6,13-15H2. The summed E-state index contributed by atoms with van der Waals surface area (Å²) in [5, 5.41) is 5.68. The first kappa shape index (κ1) is 22.8. The number of hydrogen-bond donors (Lipinski definition) is 0. The summed E-state index contributed by atoms with van der Waals surface area (Å²) >= 11 is 19.9. The van der Waals surface area contributed by atoms with Gasteiger partial charge in [0.05, 0.1) is 19.8 Å². The number of hydrogen-bond acceptors (Lipinski definition) is 3. The molecule has 0 spiro atoms. The van der Waals surface area contributed by atoms with E-state index in [-0.39, 0.29) is 0 Å².